The molecule has 0 atom stereocenters. The smallest absolute Gasteiger partial charge is 0.179 e. The van der Waals surface area contributed by atoms with Crippen LogP contribution in [0.25, 0.3) is 0 Å². The first-order chi connectivity index (χ1) is 8.13. The summed E-state index contributed by atoms with van der Waals surface area (Å²) in [5.41, 5.74) is 0.355. The molecule has 0 aromatic heterocycles. The van der Waals surface area contributed by atoms with E-state index in [2.05, 4.69) is 0 Å². The summed E-state index contributed by atoms with van der Waals surface area (Å²) >= 11 is 11.5. The number of ether oxygens (including phenoxy) is 2. The predicted octanol–water partition coefficient (Wildman–Crippen LogP) is 3.56. The second-order valence-electron chi connectivity index (χ2n) is 3.20. The van der Waals surface area contributed by atoms with Crippen molar-refractivity contribution < 1.29 is 14.3 Å². The zero-order valence-electron chi connectivity index (χ0n) is 9.76. The van der Waals surface area contributed by atoms with Gasteiger partial charge in [-0.05, 0) is 19.9 Å². The van der Waals surface area contributed by atoms with Crippen LogP contribution >= 0.6 is 23.2 Å². The van der Waals surface area contributed by atoms with Crippen LogP contribution in [0, 0.1) is 0 Å². The molecule has 3 nitrogen and oxygen atoms in total. The van der Waals surface area contributed by atoms with Gasteiger partial charge in [0.05, 0.1) is 24.1 Å². The standard InChI is InChI=1S/C12H14Cl2O3/c1-3-16-11-5-8(10(15)7-13)9(14)6-12(11)17-4-2/h5-6H,3-4,7H2,1-2H3. The van der Waals surface area contributed by atoms with Gasteiger partial charge in [0.2, 0.25) is 0 Å². The van der Waals surface area contributed by atoms with Gasteiger partial charge in [-0.1, -0.05) is 11.6 Å². The normalized spacial score (nSPS) is 10.1. The van der Waals surface area contributed by atoms with Crippen LogP contribution in [-0.4, -0.2) is 24.9 Å². The molecule has 17 heavy (non-hydrogen) atoms. The third-order valence-electron chi connectivity index (χ3n) is 2.05. The lowest BCUT2D eigenvalue weighted by molar-refractivity contribution is 0.102. The second kappa shape index (κ2) is 6.72. The molecular formula is C12H14Cl2O3. The summed E-state index contributed by atoms with van der Waals surface area (Å²) < 4.78 is 10.8. The maximum atomic E-state index is 11.5. The minimum absolute atomic E-state index is 0.112. The van der Waals surface area contributed by atoms with Crippen molar-refractivity contribution in [3.8, 4) is 11.5 Å². The number of hydrogen-bond acceptors (Lipinski definition) is 3. The topological polar surface area (TPSA) is 35.5 Å². The average molecular weight is 277 g/mol. The summed E-state index contributed by atoms with van der Waals surface area (Å²) in [5, 5.41) is 0.322. The molecule has 0 radical (unpaired) electrons. The molecule has 0 heterocycles. The molecule has 0 unspecified atom stereocenters. The van der Waals surface area contributed by atoms with Gasteiger partial charge in [0.15, 0.2) is 17.3 Å². The van der Waals surface area contributed by atoms with E-state index in [1.807, 2.05) is 13.8 Å². The Morgan fingerprint density at radius 3 is 2.18 bits per heavy atom. The average Bonchev–Trinajstić information content (AvgIpc) is 2.32. The van der Waals surface area contributed by atoms with Crippen molar-refractivity contribution in [1.82, 2.24) is 0 Å². The van der Waals surface area contributed by atoms with Crippen molar-refractivity contribution in [2.75, 3.05) is 19.1 Å². The van der Waals surface area contributed by atoms with Gasteiger partial charge in [0.1, 0.15) is 0 Å². The highest BCUT2D eigenvalue weighted by Gasteiger charge is 2.15. The molecule has 0 saturated heterocycles. The van der Waals surface area contributed by atoms with E-state index in [0.29, 0.717) is 35.3 Å². The van der Waals surface area contributed by atoms with Crippen LogP contribution in [0.4, 0.5) is 0 Å². The maximum Gasteiger partial charge on any atom is 0.179 e. The van der Waals surface area contributed by atoms with Crippen molar-refractivity contribution >= 4 is 29.0 Å². The van der Waals surface area contributed by atoms with Crippen molar-refractivity contribution in [2.24, 2.45) is 0 Å². The molecule has 94 valence electrons. The molecule has 1 rings (SSSR count). The fourth-order valence-electron chi connectivity index (χ4n) is 1.36. The third kappa shape index (κ3) is 3.51. The summed E-state index contributed by atoms with van der Waals surface area (Å²) in [6.07, 6.45) is 0. The van der Waals surface area contributed by atoms with Crippen molar-refractivity contribution in [1.29, 1.82) is 0 Å². The molecular weight excluding hydrogens is 263 g/mol. The maximum absolute atomic E-state index is 11.5. The van der Waals surface area contributed by atoms with Crippen molar-refractivity contribution in [3.05, 3.63) is 22.7 Å². The number of ketones is 1. The highest BCUT2D eigenvalue weighted by Crippen LogP contribution is 2.34. The molecule has 1 aromatic rings. The van der Waals surface area contributed by atoms with E-state index < -0.39 is 0 Å². The summed E-state index contributed by atoms with van der Waals surface area (Å²) in [6, 6.07) is 3.15. The van der Waals surface area contributed by atoms with Gasteiger partial charge in [-0.2, -0.15) is 0 Å². The van der Waals surface area contributed by atoms with Crippen molar-refractivity contribution in [2.45, 2.75) is 13.8 Å². The number of rotatable bonds is 6. The monoisotopic (exact) mass is 276 g/mol. The Labute approximate surface area is 111 Å². The Morgan fingerprint density at radius 1 is 1.18 bits per heavy atom. The molecule has 0 spiro atoms. The molecule has 1 aromatic carbocycles. The first-order valence-corrected chi connectivity index (χ1v) is 6.23. The van der Waals surface area contributed by atoms with Gasteiger partial charge in [-0.3, -0.25) is 4.79 Å². The zero-order chi connectivity index (χ0) is 12.8. The van der Waals surface area contributed by atoms with E-state index >= 15 is 0 Å². The highest BCUT2D eigenvalue weighted by atomic mass is 35.5. The molecule has 0 aliphatic rings. The third-order valence-corrected chi connectivity index (χ3v) is 2.61. The lowest BCUT2D eigenvalue weighted by Gasteiger charge is -2.13. The number of alkyl halides is 1. The van der Waals surface area contributed by atoms with E-state index in [0.717, 1.165) is 0 Å². The Bertz CT molecular complexity index is 405. The van der Waals surface area contributed by atoms with Gasteiger partial charge >= 0.3 is 0 Å². The lowest BCUT2D eigenvalue weighted by atomic mass is 10.1. The molecule has 0 N–H and O–H groups in total. The van der Waals surface area contributed by atoms with E-state index in [9.17, 15) is 4.79 Å². The van der Waals surface area contributed by atoms with Crippen LogP contribution in [0.15, 0.2) is 12.1 Å². The Hall–Kier alpha value is -0.930. The van der Waals surface area contributed by atoms with Gasteiger partial charge in [-0.15, -0.1) is 11.6 Å². The molecule has 0 bridgehead atoms. The van der Waals surface area contributed by atoms with Crippen LogP contribution < -0.4 is 9.47 Å². The van der Waals surface area contributed by atoms with Crippen LogP contribution in [0.5, 0.6) is 11.5 Å². The first-order valence-electron chi connectivity index (χ1n) is 5.32. The number of hydrogen-bond donors (Lipinski definition) is 0. The molecule has 5 heteroatoms. The Balaban J connectivity index is 3.18. The minimum Gasteiger partial charge on any atom is -0.490 e. The molecule has 0 aliphatic carbocycles. The molecule has 0 aliphatic heterocycles. The van der Waals surface area contributed by atoms with Crippen molar-refractivity contribution in [3.63, 3.8) is 0 Å². The summed E-state index contributed by atoms with van der Waals surface area (Å²) in [7, 11) is 0. The van der Waals surface area contributed by atoms with Gasteiger partial charge in [-0.25, -0.2) is 0 Å². The first kappa shape index (κ1) is 14.1. The summed E-state index contributed by atoms with van der Waals surface area (Å²) in [4.78, 5) is 11.5. The number of halogens is 2. The number of benzene rings is 1. The minimum atomic E-state index is -0.235. The molecule has 0 amide bonds. The second-order valence-corrected chi connectivity index (χ2v) is 3.88. The van der Waals surface area contributed by atoms with E-state index in [1.165, 1.54) is 0 Å². The lowest BCUT2D eigenvalue weighted by Crippen LogP contribution is -2.05. The van der Waals surface area contributed by atoms with E-state index in [-0.39, 0.29) is 11.7 Å². The van der Waals surface area contributed by atoms with Crippen LogP contribution in [0.2, 0.25) is 5.02 Å². The van der Waals surface area contributed by atoms with E-state index in [1.54, 1.807) is 12.1 Å². The number of carbonyl (C=O) groups is 1. The fraction of sp³-hybridized carbons (Fsp3) is 0.417. The molecule has 0 fully saturated rings. The Morgan fingerprint density at radius 2 is 1.71 bits per heavy atom. The predicted molar refractivity (Wildman–Crippen MR) is 68.8 cm³/mol. The quantitative estimate of drug-likeness (QED) is 0.589. The van der Waals surface area contributed by atoms with E-state index in [4.69, 9.17) is 32.7 Å². The largest absolute Gasteiger partial charge is 0.490 e. The Kier molecular flexibility index (Phi) is 5.59. The fourth-order valence-corrected chi connectivity index (χ4v) is 1.76. The van der Waals surface area contributed by atoms with Crippen LogP contribution in [0.3, 0.4) is 0 Å². The van der Waals surface area contributed by atoms with Gasteiger partial charge in [0.25, 0.3) is 0 Å². The number of carbonyl (C=O) groups excluding carboxylic acids is 1. The van der Waals surface area contributed by atoms with Gasteiger partial charge < -0.3 is 9.47 Å². The number of Topliss-reactive ketones (excluding diaryl/α,β-unsaturated/α-hetero) is 1. The summed E-state index contributed by atoms with van der Waals surface area (Å²) in [6.45, 7) is 4.70. The zero-order valence-corrected chi connectivity index (χ0v) is 11.3. The van der Waals surface area contributed by atoms with Gasteiger partial charge in [0, 0.05) is 11.6 Å². The van der Waals surface area contributed by atoms with Crippen LogP contribution in [-0.2, 0) is 0 Å². The summed E-state index contributed by atoms with van der Waals surface area (Å²) in [5.74, 6) is 0.692. The van der Waals surface area contributed by atoms with Crippen LogP contribution in [0.1, 0.15) is 24.2 Å². The molecule has 0 saturated carbocycles. The SMILES string of the molecule is CCOc1cc(Cl)c(C(=O)CCl)cc1OCC. The highest BCUT2D eigenvalue weighted by molar-refractivity contribution is 6.37.